The Morgan fingerprint density at radius 3 is 2.73 bits per heavy atom. The summed E-state index contributed by atoms with van der Waals surface area (Å²) < 4.78 is 6.46. The van der Waals surface area contributed by atoms with Crippen molar-refractivity contribution in [1.29, 1.82) is 0 Å². The van der Waals surface area contributed by atoms with E-state index in [1.165, 1.54) is 0 Å². The number of amides is 2. The van der Waals surface area contributed by atoms with Crippen molar-refractivity contribution in [1.82, 2.24) is 20.6 Å². The van der Waals surface area contributed by atoms with Gasteiger partial charge in [0.15, 0.2) is 0 Å². The predicted molar refractivity (Wildman–Crippen MR) is 149 cm³/mol. The molecule has 4 rings (SSSR count). The van der Waals surface area contributed by atoms with E-state index in [0.29, 0.717) is 42.4 Å². The van der Waals surface area contributed by atoms with Crippen molar-refractivity contribution in [2.45, 2.75) is 58.5 Å². The highest BCUT2D eigenvalue weighted by Crippen LogP contribution is 2.26. The number of aromatic nitrogens is 2. The van der Waals surface area contributed by atoms with Gasteiger partial charge in [-0.05, 0) is 64.2 Å². The van der Waals surface area contributed by atoms with Gasteiger partial charge in [0.2, 0.25) is 5.91 Å². The Labute approximate surface area is 221 Å². The Kier molecular flexibility index (Phi) is 9.29. The van der Waals surface area contributed by atoms with Crippen molar-refractivity contribution in [3.05, 3.63) is 41.5 Å². The number of fused-ring (bicyclic) bond motifs is 1. The summed E-state index contributed by atoms with van der Waals surface area (Å²) in [6.07, 6.45) is 4.65. The summed E-state index contributed by atoms with van der Waals surface area (Å²) in [6, 6.07) is 7.93. The molecule has 3 heterocycles. The molecular formula is C27H36N6O3S. The van der Waals surface area contributed by atoms with Crippen LogP contribution in [0.5, 0.6) is 0 Å². The van der Waals surface area contributed by atoms with Crippen molar-refractivity contribution in [2.24, 2.45) is 5.92 Å². The Balaban J connectivity index is 1.31. The number of hydrogen-bond donors (Lipinski definition) is 4. The molecule has 0 unspecified atom stereocenters. The van der Waals surface area contributed by atoms with E-state index in [0.717, 1.165) is 42.0 Å². The smallest absolute Gasteiger partial charge is 0.254 e. The van der Waals surface area contributed by atoms with E-state index in [2.05, 4.69) is 31.2 Å². The second kappa shape index (κ2) is 12.8. The zero-order valence-corrected chi connectivity index (χ0v) is 22.5. The Bertz CT molecular complexity index is 1210. The third-order valence-electron chi connectivity index (χ3n) is 6.28. The molecular weight excluding hydrogens is 488 g/mol. The van der Waals surface area contributed by atoms with Crippen molar-refractivity contribution in [3.63, 3.8) is 0 Å². The van der Waals surface area contributed by atoms with Gasteiger partial charge in [-0.2, -0.15) is 0 Å². The fourth-order valence-electron chi connectivity index (χ4n) is 4.33. The molecule has 0 aliphatic carbocycles. The van der Waals surface area contributed by atoms with E-state index in [4.69, 9.17) is 4.74 Å². The molecule has 1 aromatic carbocycles. The van der Waals surface area contributed by atoms with Gasteiger partial charge in [-0.1, -0.05) is 0 Å². The lowest BCUT2D eigenvalue weighted by atomic mass is 9.96. The Hall–Kier alpha value is -3.24. The van der Waals surface area contributed by atoms with Gasteiger partial charge < -0.3 is 26.0 Å². The van der Waals surface area contributed by atoms with Crippen LogP contribution in [-0.2, 0) is 9.53 Å². The lowest BCUT2D eigenvalue weighted by molar-refractivity contribution is -0.123. The van der Waals surface area contributed by atoms with Gasteiger partial charge in [0.25, 0.3) is 5.91 Å². The summed E-state index contributed by atoms with van der Waals surface area (Å²) in [5.41, 5.74) is 4.89. The summed E-state index contributed by atoms with van der Waals surface area (Å²) in [6.45, 7) is 7.94. The first-order chi connectivity index (χ1) is 17.9. The van der Waals surface area contributed by atoms with Gasteiger partial charge >= 0.3 is 0 Å². The second-order valence-corrected chi connectivity index (χ2v) is 10.7. The van der Waals surface area contributed by atoms with Gasteiger partial charge in [-0.15, -0.1) is 11.3 Å². The molecule has 9 nitrogen and oxygen atoms in total. The molecule has 10 heteroatoms. The highest BCUT2D eigenvalue weighted by molar-refractivity contribution is 7.16. The lowest BCUT2D eigenvalue weighted by Gasteiger charge is -2.22. The quantitative estimate of drug-likeness (QED) is 0.287. The van der Waals surface area contributed by atoms with Crippen molar-refractivity contribution < 1.29 is 14.3 Å². The first-order valence-corrected chi connectivity index (χ1v) is 13.8. The molecule has 2 amide bonds. The molecule has 198 valence electrons. The fourth-order valence-corrected chi connectivity index (χ4v) is 5.05. The molecule has 0 radical (unpaired) electrons. The third kappa shape index (κ3) is 7.87. The number of pyridine rings is 1. The third-order valence-corrected chi connectivity index (χ3v) is 7.07. The number of nitrogens with one attached hydrogen (secondary N) is 4. The highest BCUT2D eigenvalue weighted by Gasteiger charge is 2.19. The van der Waals surface area contributed by atoms with Crippen LogP contribution in [0.2, 0.25) is 0 Å². The van der Waals surface area contributed by atoms with Crippen LogP contribution in [0.25, 0.3) is 10.2 Å². The van der Waals surface area contributed by atoms with Gasteiger partial charge in [-0.3, -0.25) is 9.59 Å². The van der Waals surface area contributed by atoms with E-state index in [9.17, 15) is 9.59 Å². The number of ether oxygens (including phenoxy) is 1. The summed E-state index contributed by atoms with van der Waals surface area (Å²) in [5.74, 6) is 0.905. The summed E-state index contributed by atoms with van der Waals surface area (Å²) in [5, 5.41) is 12.7. The largest absolute Gasteiger partial charge is 0.382 e. The van der Waals surface area contributed by atoms with Crippen LogP contribution in [-0.4, -0.2) is 53.6 Å². The van der Waals surface area contributed by atoms with Gasteiger partial charge in [-0.25, -0.2) is 9.97 Å². The van der Waals surface area contributed by atoms with Gasteiger partial charge in [0.05, 0.1) is 27.0 Å². The first kappa shape index (κ1) is 26.8. The molecule has 0 saturated carbocycles. The number of nitrogens with zero attached hydrogens (tertiary/aromatic N) is 2. The summed E-state index contributed by atoms with van der Waals surface area (Å²) >= 11 is 1.59. The monoisotopic (exact) mass is 524 g/mol. The zero-order valence-electron chi connectivity index (χ0n) is 21.7. The average molecular weight is 525 g/mol. The minimum absolute atomic E-state index is 0.0264. The maximum atomic E-state index is 13.0. The van der Waals surface area contributed by atoms with Crippen LogP contribution >= 0.6 is 11.3 Å². The fraction of sp³-hybridized carbons (Fsp3) is 0.481. The standard InChI is InChI=1S/C27H36N6O3S/c1-17(2)31-23-14-25(33-20-4-5-22-24(13-20)37-16-30-22)29-15-21(23)27(35)28-9-6-18(3)32-26(34)12-19-7-10-36-11-8-19/h4-5,13-19H,6-12H2,1-3H3,(H,28,35)(H,32,34)(H2,29,31,33)/t18-/m1/s1. The van der Waals surface area contributed by atoms with Crippen LogP contribution in [0.1, 0.15) is 56.8 Å². The molecule has 37 heavy (non-hydrogen) atoms. The second-order valence-electron chi connectivity index (χ2n) is 9.85. The molecule has 4 N–H and O–H groups in total. The van der Waals surface area contributed by atoms with Crippen molar-refractivity contribution in [2.75, 3.05) is 30.4 Å². The Morgan fingerprint density at radius 2 is 1.95 bits per heavy atom. The molecule has 2 aromatic heterocycles. The average Bonchev–Trinajstić information content (AvgIpc) is 3.32. The molecule has 0 spiro atoms. The highest BCUT2D eigenvalue weighted by atomic mass is 32.1. The number of hydrogen-bond acceptors (Lipinski definition) is 8. The SMILES string of the molecule is CC(C)Nc1cc(Nc2ccc3ncsc3c2)ncc1C(=O)NCC[C@@H](C)NC(=O)CC1CCOCC1. The maximum absolute atomic E-state index is 13.0. The predicted octanol–water partition coefficient (Wildman–Crippen LogP) is 4.70. The van der Waals surface area contributed by atoms with E-state index < -0.39 is 0 Å². The number of thiazole rings is 1. The molecule has 1 atom stereocenters. The molecule has 1 aliphatic heterocycles. The number of rotatable bonds is 11. The molecule has 0 bridgehead atoms. The maximum Gasteiger partial charge on any atom is 0.254 e. The van der Waals surface area contributed by atoms with Crippen LogP contribution in [0.3, 0.4) is 0 Å². The number of benzene rings is 1. The van der Waals surface area contributed by atoms with E-state index in [1.54, 1.807) is 17.5 Å². The van der Waals surface area contributed by atoms with Crippen LogP contribution in [0.4, 0.5) is 17.2 Å². The summed E-state index contributed by atoms with van der Waals surface area (Å²) in [7, 11) is 0. The Morgan fingerprint density at radius 1 is 1.14 bits per heavy atom. The van der Waals surface area contributed by atoms with Crippen LogP contribution < -0.4 is 21.3 Å². The molecule has 1 fully saturated rings. The normalized spacial score (nSPS) is 14.9. The van der Waals surface area contributed by atoms with E-state index >= 15 is 0 Å². The minimum Gasteiger partial charge on any atom is -0.382 e. The molecule has 1 saturated heterocycles. The van der Waals surface area contributed by atoms with E-state index in [1.807, 2.05) is 50.5 Å². The first-order valence-electron chi connectivity index (χ1n) is 12.9. The number of anilines is 3. The van der Waals surface area contributed by atoms with Crippen molar-refractivity contribution in [3.8, 4) is 0 Å². The molecule has 1 aliphatic rings. The lowest BCUT2D eigenvalue weighted by Crippen LogP contribution is -2.37. The zero-order chi connectivity index (χ0) is 26.2. The van der Waals surface area contributed by atoms with Crippen LogP contribution in [0.15, 0.2) is 36.0 Å². The van der Waals surface area contributed by atoms with Crippen LogP contribution in [0, 0.1) is 5.92 Å². The minimum atomic E-state index is -0.200. The molecule has 3 aromatic rings. The number of carbonyl (C=O) groups excluding carboxylic acids is 2. The summed E-state index contributed by atoms with van der Waals surface area (Å²) in [4.78, 5) is 34.1. The topological polar surface area (TPSA) is 117 Å². The van der Waals surface area contributed by atoms with Gasteiger partial charge in [0.1, 0.15) is 5.82 Å². The number of carbonyl (C=O) groups is 2. The van der Waals surface area contributed by atoms with Crippen molar-refractivity contribution >= 4 is 50.6 Å². The van der Waals surface area contributed by atoms with E-state index in [-0.39, 0.29) is 23.9 Å². The van der Waals surface area contributed by atoms with Gasteiger partial charge in [0, 0.05) is 56.2 Å².